The topological polar surface area (TPSA) is 84.5 Å². The fraction of sp³-hybridized carbons (Fsp3) is 0.0625. The van der Waals surface area contributed by atoms with Gasteiger partial charge in [0.25, 0.3) is 0 Å². The third-order valence-electron chi connectivity index (χ3n) is 2.87. The molecule has 0 fully saturated rings. The van der Waals surface area contributed by atoms with Crippen LogP contribution in [0.15, 0.2) is 48.5 Å². The normalized spacial score (nSPS) is 9.83. The van der Waals surface area contributed by atoms with Gasteiger partial charge in [0.1, 0.15) is 0 Å². The molecule has 0 atom stereocenters. The molecule has 0 saturated carbocycles. The van der Waals surface area contributed by atoms with Crippen LogP contribution in [0.1, 0.15) is 10.4 Å². The number of halogens is 1. The number of rotatable bonds is 3. The van der Waals surface area contributed by atoms with Crippen molar-refractivity contribution >= 4 is 40.8 Å². The molecule has 2 N–H and O–H groups in total. The van der Waals surface area contributed by atoms with Crippen LogP contribution in [-0.2, 0) is 14.3 Å². The summed E-state index contributed by atoms with van der Waals surface area (Å²) in [6.45, 7) is 0. The highest BCUT2D eigenvalue weighted by atomic mass is 35.5. The van der Waals surface area contributed by atoms with Crippen molar-refractivity contribution in [2.24, 2.45) is 0 Å². The largest absolute Gasteiger partial charge is 0.465 e. The van der Waals surface area contributed by atoms with Crippen LogP contribution in [0.3, 0.4) is 0 Å². The molecule has 0 aromatic heterocycles. The number of hydrogen-bond donors (Lipinski definition) is 2. The van der Waals surface area contributed by atoms with Crippen molar-refractivity contribution in [3.8, 4) is 0 Å². The lowest BCUT2D eigenvalue weighted by atomic mass is 10.2. The molecule has 2 amide bonds. The lowest BCUT2D eigenvalue weighted by Gasteiger charge is -2.10. The maximum atomic E-state index is 12.0. The molecule has 2 rings (SSSR count). The summed E-state index contributed by atoms with van der Waals surface area (Å²) in [5, 5.41) is 5.22. The molecule has 118 valence electrons. The highest BCUT2D eigenvalue weighted by molar-refractivity contribution is 6.44. The summed E-state index contributed by atoms with van der Waals surface area (Å²) >= 11 is 5.81. The van der Waals surface area contributed by atoms with E-state index in [0.717, 1.165) is 0 Å². The van der Waals surface area contributed by atoms with E-state index in [9.17, 15) is 14.4 Å². The average Bonchev–Trinajstić information content (AvgIpc) is 2.54. The van der Waals surface area contributed by atoms with Crippen molar-refractivity contribution < 1.29 is 19.1 Å². The maximum absolute atomic E-state index is 12.0. The number of amides is 2. The van der Waals surface area contributed by atoms with Crippen molar-refractivity contribution in [2.75, 3.05) is 17.7 Å². The van der Waals surface area contributed by atoms with Crippen LogP contribution in [0.4, 0.5) is 11.4 Å². The van der Waals surface area contributed by atoms with Gasteiger partial charge in [0.05, 0.1) is 18.4 Å². The smallest absolute Gasteiger partial charge is 0.339 e. The van der Waals surface area contributed by atoms with Gasteiger partial charge in [-0.3, -0.25) is 9.59 Å². The first-order valence-corrected chi connectivity index (χ1v) is 6.94. The van der Waals surface area contributed by atoms with Gasteiger partial charge < -0.3 is 15.4 Å². The Morgan fingerprint density at radius 1 is 0.957 bits per heavy atom. The molecular formula is C16H13ClN2O4. The molecule has 0 aliphatic rings. The quantitative estimate of drug-likeness (QED) is 0.668. The minimum absolute atomic E-state index is 0.152. The summed E-state index contributed by atoms with van der Waals surface area (Å²) in [6, 6.07) is 12.6. The highest BCUT2D eigenvalue weighted by Crippen LogP contribution is 2.17. The third-order valence-corrected chi connectivity index (χ3v) is 3.10. The van der Waals surface area contributed by atoms with E-state index in [0.29, 0.717) is 10.7 Å². The highest BCUT2D eigenvalue weighted by Gasteiger charge is 2.18. The number of para-hydroxylation sites is 1. The second-order valence-electron chi connectivity index (χ2n) is 4.46. The van der Waals surface area contributed by atoms with Crippen molar-refractivity contribution in [3.63, 3.8) is 0 Å². The lowest BCUT2D eigenvalue weighted by molar-refractivity contribution is -0.133. The van der Waals surface area contributed by atoms with Crippen LogP contribution in [-0.4, -0.2) is 24.9 Å². The van der Waals surface area contributed by atoms with E-state index in [2.05, 4.69) is 15.4 Å². The van der Waals surface area contributed by atoms with Crippen LogP contribution in [0, 0.1) is 0 Å². The first kappa shape index (κ1) is 16.5. The average molecular weight is 333 g/mol. The Morgan fingerprint density at radius 3 is 2.35 bits per heavy atom. The minimum Gasteiger partial charge on any atom is -0.465 e. The van der Waals surface area contributed by atoms with Crippen molar-refractivity contribution in [1.82, 2.24) is 0 Å². The number of methoxy groups -OCH3 is 1. The standard InChI is InChI=1S/C16H13ClN2O4/c1-23-16(22)12-7-2-3-8-13(12)19-15(21)14(20)18-11-6-4-5-10(17)9-11/h2-9H,1H3,(H,18,20)(H,19,21). The molecule has 0 aliphatic heterocycles. The van der Waals surface area contributed by atoms with E-state index in [1.54, 1.807) is 30.3 Å². The maximum Gasteiger partial charge on any atom is 0.339 e. The summed E-state index contributed by atoms with van der Waals surface area (Å²) < 4.78 is 4.62. The molecule has 0 bridgehead atoms. The van der Waals surface area contributed by atoms with Gasteiger partial charge in [0.15, 0.2) is 0 Å². The van der Waals surface area contributed by atoms with Gasteiger partial charge in [0.2, 0.25) is 0 Å². The SMILES string of the molecule is COC(=O)c1ccccc1NC(=O)C(=O)Nc1cccc(Cl)c1. The zero-order chi connectivity index (χ0) is 16.8. The monoisotopic (exact) mass is 332 g/mol. The number of carbonyl (C=O) groups excluding carboxylic acids is 3. The van der Waals surface area contributed by atoms with Gasteiger partial charge >= 0.3 is 17.8 Å². The van der Waals surface area contributed by atoms with Crippen molar-refractivity contribution in [1.29, 1.82) is 0 Å². The van der Waals surface area contributed by atoms with Crippen LogP contribution in [0.5, 0.6) is 0 Å². The molecule has 0 heterocycles. The second kappa shape index (κ2) is 7.42. The third kappa shape index (κ3) is 4.31. The fourth-order valence-corrected chi connectivity index (χ4v) is 2.00. The van der Waals surface area contributed by atoms with Gasteiger partial charge in [0, 0.05) is 10.7 Å². The van der Waals surface area contributed by atoms with Crippen molar-refractivity contribution in [3.05, 3.63) is 59.1 Å². The number of anilines is 2. The zero-order valence-electron chi connectivity index (χ0n) is 12.1. The van der Waals surface area contributed by atoms with Gasteiger partial charge in [-0.2, -0.15) is 0 Å². The predicted octanol–water partition coefficient (Wildman–Crippen LogP) is 2.70. The second-order valence-corrected chi connectivity index (χ2v) is 4.89. The van der Waals surface area contributed by atoms with Gasteiger partial charge in [-0.25, -0.2) is 4.79 Å². The molecular weight excluding hydrogens is 320 g/mol. The summed E-state index contributed by atoms with van der Waals surface area (Å²) in [4.78, 5) is 35.5. The summed E-state index contributed by atoms with van der Waals surface area (Å²) in [5.41, 5.74) is 0.725. The first-order chi connectivity index (χ1) is 11.0. The zero-order valence-corrected chi connectivity index (χ0v) is 12.9. The Morgan fingerprint density at radius 2 is 1.65 bits per heavy atom. The number of carbonyl (C=O) groups is 3. The Labute approximate surface area is 137 Å². The predicted molar refractivity (Wildman–Crippen MR) is 86.5 cm³/mol. The van der Waals surface area contributed by atoms with Gasteiger partial charge in [-0.15, -0.1) is 0 Å². The molecule has 0 saturated heterocycles. The molecule has 0 unspecified atom stereocenters. The molecule has 23 heavy (non-hydrogen) atoms. The van der Waals surface area contributed by atoms with Gasteiger partial charge in [-0.05, 0) is 30.3 Å². The van der Waals surface area contributed by atoms with E-state index < -0.39 is 17.8 Å². The number of hydrogen-bond acceptors (Lipinski definition) is 4. The molecule has 6 nitrogen and oxygen atoms in total. The van der Waals surface area contributed by atoms with Crippen LogP contribution >= 0.6 is 11.6 Å². The molecule has 2 aromatic rings. The summed E-state index contributed by atoms with van der Waals surface area (Å²) in [5.74, 6) is -2.41. The van der Waals surface area contributed by atoms with E-state index in [1.807, 2.05) is 0 Å². The fourth-order valence-electron chi connectivity index (χ4n) is 1.81. The number of benzene rings is 2. The molecule has 0 spiro atoms. The Balaban J connectivity index is 2.10. The Kier molecular flexibility index (Phi) is 5.32. The number of esters is 1. The van der Waals surface area contributed by atoms with Crippen LogP contribution < -0.4 is 10.6 Å². The molecule has 2 aromatic carbocycles. The Bertz CT molecular complexity index is 761. The molecule has 0 aliphatic carbocycles. The van der Waals surface area contributed by atoms with Gasteiger partial charge in [-0.1, -0.05) is 29.8 Å². The Hall–Kier alpha value is -2.86. The van der Waals surface area contributed by atoms with E-state index >= 15 is 0 Å². The summed E-state index contributed by atoms with van der Waals surface area (Å²) in [7, 11) is 1.23. The molecule has 7 heteroatoms. The number of ether oxygens (including phenoxy) is 1. The van der Waals surface area contributed by atoms with Crippen LogP contribution in [0.25, 0.3) is 0 Å². The van der Waals surface area contributed by atoms with Crippen molar-refractivity contribution in [2.45, 2.75) is 0 Å². The van der Waals surface area contributed by atoms with E-state index in [1.165, 1.54) is 25.3 Å². The van der Waals surface area contributed by atoms with E-state index in [4.69, 9.17) is 11.6 Å². The number of nitrogens with one attached hydrogen (secondary N) is 2. The lowest BCUT2D eigenvalue weighted by Crippen LogP contribution is -2.29. The first-order valence-electron chi connectivity index (χ1n) is 6.56. The van der Waals surface area contributed by atoms with E-state index in [-0.39, 0.29) is 11.3 Å². The minimum atomic E-state index is -0.915. The van der Waals surface area contributed by atoms with Crippen LogP contribution in [0.2, 0.25) is 5.02 Å². The molecule has 0 radical (unpaired) electrons. The summed E-state index contributed by atoms with van der Waals surface area (Å²) in [6.07, 6.45) is 0.